The van der Waals surface area contributed by atoms with Crippen molar-refractivity contribution in [1.29, 1.82) is 0 Å². The molecule has 0 aliphatic heterocycles. The first-order valence-electron chi connectivity index (χ1n) is 4.79. The van der Waals surface area contributed by atoms with Gasteiger partial charge in [0.1, 0.15) is 6.33 Å². The fourth-order valence-electron chi connectivity index (χ4n) is 1.60. The Bertz CT molecular complexity index is 450. The topological polar surface area (TPSA) is 25.8 Å². The number of rotatable bonds is 0. The highest BCUT2D eigenvalue weighted by molar-refractivity contribution is 5.81. The van der Waals surface area contributed by atoms with Crippen LogP contribution in [0.3, 0.4) is 0 Å². The highest BCUT2D eigenvalue weighted by Gasteiger charge is 2.18. The average molecular weight is 186 g/mol. The Labute approximate surface area is 84.0 Å². The van der Waals surface area contributed by atoms with E-state index in [0.717, 1.165) is 16.6 Å². The van der Waals surface area contributed by atoms with E-state index in [1.54, 1.807) is 6.33 Å². The molecule has 0 atom stereocenters. The molecule has 0 unspecified atom stereocenters. The fourth-order valence-corrected chi connectivity index (χ4v) is 1.60. The second-order valence-electron chi connectivity index (χ2n) is 4.49. The molecule has 0 aliphatic carbocycles. The lowest BCUT2D eigenvalue weighted by Gasteiger charge is -2.18. The van der Waals surface area contributed by atoms with Crippen LogP contribution in [0.15, 0.2) is 30.6 Å². The summed E-state index contributed by atoms with van der Waals surface area (Å²) in [5.41, 5.74) is 2.21. The second-order valence-corrected chi connectivity index (χ2v) is 4.49. The largest absolute Gasteiger partial charge is 0.240 e. The van der Waals surface area contributed by atoms with Gasteiger partial charge in [-0.1, -0.05) is 39.0 Å². The summed E-state index contributed by atoms with van der Waals surface area (Å²) in [6.07, 6.45) is 1.64. The maximum atomic E-state index is 4.37. The van der Waals surface area contributed by atoms with Crippen molar-refractivity contribution >= 4 is 10.9 Å². The van der Waals surface area contributed by atoms with Crippen molar-refractivity contribution in [1.82, 2.24) is 9.97 Å². The summed E-state index contributed by atoms with van der Waals surface area (Å²) in [6.45, 7) is 6.51. The van der Waals surface area contributed by atoms with Crippen LogP contribution >= 0.6 is 0 Å². The summed E-state index contributed by atoms with van der Waals surface area (Å²) in [5, 5.41) is 1.16. The predicted molar refractivity (Wildman–Crippen MR) is 58.2 cm³/mol. The van der Waals surface area contributed by atoms with Crippen LogP contribution in [-0.2, 0) is 5.41 Å². The molecular weight excluding hydrogens is 172 g/mol. The molecule has 0 bridgehead atoms. The van der Waals surface area contributed by atoms with E-state index in [-0.39, 0.29) is 5.41 Å². The first-order valence-corrected chi connectivity index (χ1v) is 4.79. The maximum absolute atomic E-state index is 4.37. The standard InChI is InChI=1S/C12H14N2/c1-12(2,3)11-9-6-4-5-7-10(9)13-8-14-11/h4-8H,1-3H3. The smallest absolute Gasteiger partial charge is 0.116 e. The SMILES string of the molecule is CC(C)(C)c1ncnc2ccccc12. The highest BCUT2D eigenvalue weighted by Crippen LogP contribution is 2.26. The monoisotopic (exact) mass is 186 g/mol. The zero-order valence-electron chi connectivity index (χ0n) is 8.78. The molecular formula is C12H14N2. The molecule has 0 fully saturated rings. The van der Waals surface area contributed by atoms with Crippen molar-refractivity contribution in [3.05, 3.63) is 36.3 Å². The first-order chi connectivity index (χ1) is 6.59. The van der Waals surface area contributed by atoms with Gasteiger partial charge in [-0.2, -0.15) is 0 Å². The minimum absolute atomic E-state index is 0.0720. The zero-order chi connectivity index (χ0) is 10.2. The van der Waals surface area contributed by atoms with Gasteiger partial charge >= 0.3 is 0 Å². The molecule has 1 heterocycles. The number of para-hydroxylation sites is 1. The van der Waals surface area contributed by atoms with E-state index in [9.17, 15) is 0 Å². The van der Waals surface area contributed by atoms with Crippen molar-refractivity contribution in [2.75, 3.05) is 0 Å². The lowest BCUT2D eigenvalue weighted by molar-refractivity contribution is 0.574. The van der Waals surface area contributed by atoms with Crippen molar-refractivity contribution in [2.24, 2.45) is 0 Å². The Hall–Kier alpha value is -1.44. The minimum atomic E-state index is 0.0720. The van der Waals surface area contributed by atoms with Crippen molar-refractivity contribution < 1.29 is 0 Å². The second kappa shape index (κ2) is 3.05. The number of nitrogens with zero attached hydrogens (tertiary/aromatic N) is 2. The molecule has 1 aromatic heterocycles. The van der Waals surface area contributed by atoms with E-state index in [1.165, 1.54) is 0 Å². The van der Waals surface area contributed by atoms with Crippen LogP contribution in [0.25, 0.3) is 10.9 Å². The third-order valence-electron chi connectivity index (χ3n) is 2.25. The normalized spacial score (nSPS) is 11.9. The summed E-state index contributed by atoms with van der Waals surface area (Å²) < 4.78 is 0. The maximum Gasteiger partial charge on any atom is 0.116 e. The van der Waals surface area contributed by atoms with E-state index in [2.05, 4.69) is 36.8 Å². The molecule has 0 N–H and O–H groups in total. The van der Waals surface area contributed by atoms with Crippen LogP contribution < -0.4 is 0 Å². The molecule has 2 aromatic rings. The van der Waals surface area contributed by atoms with Gasteiger partial charge < -0.3 is 0 Å². The van der Waals surface area contributed by atoms with Gasteiger partial charge in [0.05, 0.1) is 11.2 Å². The molecule has 72 valence electrons. The van der Waals surface area contributed by atoms with Crippen LogP contribution in [0.4, 0.5) is 0 Å². The predicted octanol–water partition coefficient (Wildman–Crippen LogP) is 2.93. The molecule has 0 saturated heterocycles. The van der Waals surface area contributed by atoms with Crippen LogP contribution in [0, 0.1) is 0 Å². The molecule has 0 saturated carbocycles. The number of aromatic nitrogens is 2. The lowest BCUT2D eigenvalue weighted by Crippen LogP contribution is -2.14. The summed E-state index contributed by atoms with van der Waals surface area (Å²) >= 11 is 0. The Morgan fingerprint density at radius 3 is 2.43 bits per heavy atom. The van der Waals surface area contributed by atoms with Gasteiger partial charge in [0.15, 0.2) is 0 Å². The molecule has 2 nitrogen and oxygen atoms in total. The molecule has 0 amide bonds. The average Bonchev–Trinajstić information content (AvgIpc) is 2.15. The van der Waals surface area contributed by atoms with Crippen molar-refractivity contribution in [3.63, 3.8) is 0 Å². The van der Waals surface area contributed by atoms with Crippen LogP contribution in [0.1, 0.15) is 26.5 Å². The number of hydrogen-bond acceptors (Lipinski definition) is 2. The summed E-state index contributed by atoms with van der Waals surface area (Å²) in [6, 6.07) is 8.13. The number of hydrogen-bond donors (Lipinski definition) is 0. The molecule has 2 rings (SSSR count). The molecule has 0 spiro atoms. The van der Waals surface area contributed by atoms with Crippen molar-refractivity contribution in [3.8, 4) is 0 Å². The quantitative estimate of drug-likeness (QED) is 0.632. The van der Waals surface area contributed by atoms with Gasteiger partial charge in [-0.15, -0.1) is 0 Å². The third-order valence-corrected chi connectivity index (χ3v) is 2.25. The van der Waals surface area contributed by atoms with E-state index in [0.29, 0.717) is 0 Å². The summed E-state index contributed by atoms with van der Waals surface area (Å²) in [5.74, 6) is 0. The Morgan fingerprint density at radius 2 is 1.71 bits per heavy atom. The van der Waals surface area contributed by atoms with E-state index in [1.807, 2.05) is 18.2 Å². The molecule has 0 radical (unpaired) electrons. The Kier molecular flexibility index (Phi) is 1.99. The van der Waals surface area contributed by atoms with Crippen LogP contribution in [0.2, 0.25) is 0 Å². The number of fused-ring (bicyclic) bond motifs is 1. The van der Waals surface area contributed by atoms with Crippen LogP contribution in [0.5, 0.6) is 0 Å². The minimum Gasteiger partial charge on any atom is -0.240 e. The molecule has 0 aliphatic rings. The molecule has 1 aromatic carbocycles. The van der Waals surface area contributed by atoms with Crippen LogP contribution in [-0.4, -0.2) is 9.97 Å². The summed E-state index contributed by atoms with van der Waals surface area (Å²) in [7, 11) is 0. The first kappa shape index (κ1) is 9.13. The van der Waals surface area contributed by atoms with E-state index in [4.69, 9.17) is 0 Å². The van der Waals surface area contributed by atoms with E-state index >= 15 is 0 Å². The van der Waals surface area contributed by atoms with Crippen molar-refractivity contribution in [2.45, 2.75) is 26.2 Å². The zero-order valence-corrected chi connectivity index (χ0v) is 8.78. The third kappa shape index (κ3) is 1.48. The van der Waals surface area contributed by atoms with Gasteiger partial charge in [-0.05, 0) is 6.07 Å². The van der Waals surface area contributed by atoms with Gasteiger partial charge in [0, 0.05) is 10.8 Å². The Balaban J connectivity index is 2.78. The number of benzene rings is 1. The van der Waals surface area contributed by atoms with Gasteiger partial charge in [-0.3, -0.25) is 0 Å². The molecule has 14 heavy (non-hydrogen) atoms. The van der Waals surface area contributed by atoms with Gasteiger partial charge in [-0.25, -0.2) is 9.97 Å². The summed E-state index contributed by atoms with van der Waals surface area (Å²) in [4.78, 5) is 8.61. The Morgan fingerprint density at radius 1 is 1.00 bits per heavy atom. The highest BCUT2D eigenvalue weighted by atomic mass is 14.8. The van der Waals surface area contributed by atoms with Gasteiger partial charge in [0.2, 0.25) is 0 Å². The van der Waals surface area contributed by atoms with E-state index < -0.39 is 0 Å². The van der Waals surface area contributed by atoms with Gasteiger partial charge in [0.25, 0.3) is 0 Å². The lowest BCUT2D eigenvalue weighted by atomic mass is 9.89. The fraction of sp³-hybridized carbons (Fsp3) is 0.333. The molecule has 2 heteroatoms.